The van der Waals surface area contributed by atoms with Crippen LogP contribution < -0.4 is 0 Å². The Morgan fingerprint density at radius 2 is 2.20 bits per heavy atom. The Kier molecular flexibility index (Phi) is 2.93. The van der Waals surface area contributed by atoms with E-state index in [-0.39, 0.29) is 17.6 Å². The number of fused-ring (bicyclic) bond motifs is 1. The summed E-state index contributed by atoms with van der Waals surface area (Å²) < 4.78 is 5.26. The van der Waals surface area contributed by atoms with Gasteiger partial charge in [-0.3, -0.25) is 4.79 Å². The second kappa shape index (κ2) is 4.21. The number of oxazole rings is 1. The van der Waals surface area contributed by atoms with Crippen LogP contribution in [0, 0.1) is 0 Å². The molecule has 1 aromatic carbocycles. The lowest BCUT2D eigenvalue weighted by molar-refractivity contribution is 0.0986. The van der Waals surface area contributed by atoms with Gasteiger partial charge in [0.1, 0.15) is 5.52 Å². The summed E-state index contributed by atoms with van der Waals surface area (Å²) in [6.45, 7) is 0. The van der Waals surface area contributed by atoms with Gasteiger partial charge in [-0.2, -0.15) is 0 Å². The SMILES string of the molecule is O=C(CCl)c1nc2ccc(CCl)cc2o1. The summed E-state index contributed by atoms with van der Waals surface area (Å²) >= 11 is 11.1. The third kappa shape index (κ3) is 1.98. The maximum atomic E-state index is 11.2. The molecule has 15 heavy (non-hydrogen) atoms. The molecular formula is C10H7Cl2NO2. The molecule has 1 heterocycles. The number of rotatable bonds is 3. The highest BCUT2D eigenvalue weighted by Gasteiger charge is 2.12. The van der Waals surface area contributed by atoms with Crippen LogP contribution in [0.2, 0.25) is 0 Å². The molecule has 0 aliphatic heterocycles. The maximum Gasteiger partial charge on any atom is 0.265 e. The molecule has 78 valence electrons. The molecule has 0 radical (unpaired) electrons. The number of hydrogen-bond acceptors (Lipinski definition) is 3. The molecule has 0 fully saturated rings. The Labute approximate surface area is 96.0 Å². The van der Waals surface area contributed by atoms with Crippen molar-refractivity contribution in [3.8, 4) is 0 Å². The Bertz CT molecular complexity index is 507. The number of ketones is 1. The predicted molar refractivity (Wildman–Crippen MR) is 58.6 cm³/mol. The fraction of sp³-hybridized carbons (Fsp3) is 0.200. The molecule has 0 saturated carbocycles. The monoisotopic (exact) mass is 243 g/mol. The predicted octanol–water partition coefficient (Wildman–Crippen LogP) is 2.99. The Morgan fingerprint density at radius 3 is 2.87 bits per heavy atom. The lowest BCUT2D eigenvalue weighted by Crippen LogP contribution is -1.99. The number of benzene rings is 1. The van der Waals surface area contributed by atoms with Gasteiger partial charge >= 0.3 is 0 Å². The average Bonchev–Trinajstić information content (AvgIpc) is 2.70. The smallest absolute Gasteiger partial charge is 0.265 e. The van der Waals surface area contributed by atoms with Crippen LogP contribution in [0.25, 0.3) is 11.1 Å². The number of carbonyl (C=O) groups is 1. The van der Waals surface area contributed by atoms with E-state index in [0.29, 0.717) is 17.0 Å². The van der Waals surface area contributed by atoms with Crippen LogP contribution in [0.4, 0.5) is 0 Å². The summed E-state index contributed by atoms with van der Waals surface area (Å²) in [6, 6.07) is 5.37. The number of hydrogen-bond donors (Lipinski definition) is 0. The minimum atomic E-state index is -0.319. The molecular weight excluding hydrogens is 237 g/mol. The van der Waals surface area contributed by atoms with Crippen LogP contribution in [-0.2, 0) is 5.88 Å². The van der Waals surface area contributed by atoms with E-state index in [2.05, 4.69) is 4.98 Å². The van der Waals surface area contributed by atoms with E-state index in [1.165, 1.54) is 0 Å². The van der Waals surface area contributed by atoms with Crippen LogP contribution >= 0.6 is 23.2 Å². The standard InChI is InChI=1S/C10H7Cl2NO2/c11-4-6-1-2-7-9(3-6)15-10(13-7)8(14)5-12/h1-3H,4-5H2. The molecule has 0 atom stereocenters. The third-order valence-corrected chi connectivity index (χ3v) is 2.52. The van der Waals surface area contributed by atoms with Crippen molar-refractivity contribution in [3.63, 3.8) is 0 Å². The van der Waals surface area contributed by atoms with Gasteiger partial charge in [0.15, 0.2) is 5.58 Å². The van der Waals surface area contributed by atoms with E-state index in [1.807, 2.05) is 6.07 Å². The minimum Gasteiger partial charge on any atom is -0.434 e. The van der Waals surface area contributed by atoms with Crippen molar-refractivity contribution in [1.29, 1.82) is 0 Å². The zero-order chi connectivity index (χ0) is 10.8. The molecule has 3 nitrogen and oxygen atoms in total. The van der Waals surface area contributed by atoms with Crippen molar-refractivity contribution >= 4 is 40.1 Å². The number of carbonyl (C=O) groups excluding carboxylic acids is 1. The van der Waals surface area contributed by atoms with Crippen LogP contribution in [0.15, 0.2) is 22.6 Å². The van der Waals surface area contributed by atoms with Gasteiger partial charge < -0.3 is 4.42 Å². The van der Waals surface area contributed by atoms with Crippen molar-refractivity contribution in [2.75, 3.05) is 5.88 Å². The van der Waals surface area contributed by atoms with Gasteiger partial charge in [0.25, 0.3) is 5.89 Å². The van der Waals surface area contributed by atoms with Gasteiger partial charge in [0.2, 0.25) is 5.78 Å². The Morgan fingerprint density at radius 1 is 1.40 bits per heavy atom. The fourth-order valence-electron chi connectivity index (χ4n) is 1.23. The van der Waals surface area contributed by atoms with Crippen molar-refractivity contribution in [1.82, 2.24) is 4.98 Å². The van der Waals surface area contributed by atoms with E-state index < -0.39 is 0 Å². The zero-order valence-corrected chi connectivity index (χ0v) is 9.18. The molecule has 2 aromatic rings. The quantitative estimate of drug-likeness (QED) is 0.615. The fourth-order valence-corrected chi connectivity index (χ4v) is 1.51. The van der Waals surface area contributed by atoms with Crippen LogP contribution in [0.1, 0.15) is 16.2 Å². The van der Waals surface area contributed by atoms with E-state index in [1.54, 1.807) is 12.1 Å². The molecule has 2 rings (SSSR count). The number of nitrogens with zero attached hydrogens (tertiary/aromatic N) is 1. The number of Topliss-reactive ketones (excluding diaryl/α,β-unsaturated/α-hetero) is 1. The van der Waals surface area contributed by atoms with E-state index >= 15 is 0 Å². The van der Waals surface area contributed by atoms with Crippen molar-refractivity contribution in [3.05, 3.63) is 29.7 Å². The Hall–Kier alpha value is -1.06. The first-order chi connectivity index (χ1) is 7.24. The molecule has 0 aliphatic rings. The second-order valence-electron chi connectivity index (χ2n) is 3.01. The molecule has 1 aromatic heterocycles. The molecule has 0 amide bonds. The zero-order valence-electron chi connectivity index (χ0n) is 7.67. The average molecular weight is 244 g/mol. The summed E-state index contributed by atoms with van der Waals surface area (Å²) in [5.74, 6) is -0.00282. The molecule has 5 heteroatoms. The topological polar surface area (TPSA) is 43.1 Å². The van der Waals surface area contributed by atoms with E-state index in [0.717, 1.165) is 5.56 Å². The van der Waals surface area contributed by atoms with Crippen LogP contribution in [0.5, 0.6) is 0 Å². The van der Waals surface area contributed by atoms with Gasteiger partial charge in [-0.05, 0) is 17.7 Å². The normalized spacial score (nSPS) is 10.8. The van der Waals surface area contributed by atoms with Crippen LogP contribution in [0.3, 0.4) is 0 Å². The first-order valence-electron chi connectivity index (χ1n) is 4.29. The van der Waals surface area contributed by atoms with Gasteiger partial charge in [0, 0.05) is 5.88 Å². The van der Waals surface area contributed by atoms with E-state index in [9.17, 15) is 4.79 Å². The molecule has 0 unspecified atom stereocenters. The highest BCUT2D eigenvalue weighted by atomic mass is 35.5. The lowest BCUT2D eigenvalue weighted by atomic mass is 10.2. The summed E-state index contributed by atoms with van der Waals surface area (Å²) in [6.07, 6.45) is 0. The van der Waals surface area contributed by atoms with Crippen molar-refractivity contribution < 1.29 is 9.21 Å². The highest BCUT2D eigenvalue weighted by molar-refractivity contribution is 6.29. The minimum absolute atomic E-state index is 0.0479. The van der Waals surface area contributed by atoms with Crippen molar-refractivity contribution in [2.45, 2.75) is 5.88 Å². The largest absolute Gasteiger partial charge is 0.434 e. The first-order valence-corrected chi connectivity index (χ1v) is 5.36. The van der Waals surface area contributed by atoms with Crippen molar-refractivity contribution in [2.24, 2.45) is 0 Å². The molecule has 0 saturated heterocycles. The Balaban J connectivity index is 2.51. The van der Waals surface area contributed by atoms with Crippen LogP contribution in [-0.4, -0.2) is 16.6 Å². The molecule has 0 spiro atoms. The van der Waals surface area contributed by atoms with Gasteiger partial charge in [-0.15, -0.1) is 23.2 Å². The summed E-state index contributed by atoms with van der Waals surface area (Å²) in [7, 11) is 0. The highest BCUT2D eigenvalue weighted by Crippen LogP contribution is 2.18. The summed E-state index contributed by atoms with van der Waals surface area (Å²) in [4.78, 5) is 15.2. The number of halogens is 2. The van der Waals surface area contributed by atoms with Gasteiger partial charge in [0.05, 0.1) is 5.88 Å². The second-order valence-corrected chi connectivity index (χ2v) is 3.55. The summed E-state index contributed by atoms with van der Waals surface area (Å²) in [5, 5.41) is 0. The third-order valence-electron chi connectivity index (χ3n) is 1.97. The molecule has 0 aliphatic carbocycles. The molecule has 0 N–H and O–H groups in total. The number of aromatic nitrogens is 1. The summed E-state index contributed by atoms with van der Waals surface area (Å²) in [5.41, 5.74) is 2.11. The van der Waals surface area contributed by atoms with E-state index in [4.69, 9.17) is 27.6 Å². The number of alkyl halides is 2. The first kappa shape index (κ1) is 10.5. The molecule has 0 bridgehead atoms. The van der Waals surface area contributed by atoms with Gasteiger partial charge in [-0.1, -0.05) is 6.07 Å². The maximum absolute atomic E-state index is 11.2. The van der Waals surface area contributed by atoms with Gasteiger partial charge in [-0.25, -0.2) is 4.98 Å². The lowest BCUT2D eigenvalue weighted by Gasteiger charge is -1.91.